The van der Waals surface area contributed by atoms with Gasteiger partial charge in [0.2, 0.25) is 0 Å². The van der Waals surface area contributed by atoms with Crippen LogP contribution in [0.2, 0.25) is 0 Å². The molecule has 0 bridgehead atoms. The van der Waals surface area contributed by atoms with Gasteiger partial charge in [-0.3, -0.25) is 5.10 Å². The molecule has 0 atom stereocenters. The van der Waals surface area contributed by atoms with E-state index in [2.05, 4.69) is 26.2 Å². The molecule has 4 nitrogen and oxygen atoms in total. The van der Waals surface area contributed by atoms with Crippen LogP contribution < -0.4 is 0 Å². The quantitative estimate of drug-likeness (QED) is 0.859. The van der Waals surface area contributed by atoms with Crippen molar-refractivity contribution in [3.05, 3.63) is 29.2 Å². The van der Waals surface area contributed by atoms with Gasteiger partial charge in [-0.1, -0.05) is 6.42 Å². The summed E-state index contributed by atoms with van der Waals surface area (Å²) in [5.41, 5.74) is 4.08. The van der Waals surface area contributed by atoms with Crippen molar-refractivity contribution in [1.29, 1.82) is 0 Å². The lowest BCUT2D eigenvalue weighted by atomic mass is 9.82. The van der Waals surface area contributed by atoms with E-state index in [0.29, 0.717) is 5.92 Å². The van der Waals surface area contributed by atoms with E-state index in [1.807, 2.05) is 19.9 Å². The molecule has 1 aliphatic carbocycles. The van der Waals surface area contributed by atoms with Gasteiger partial charge in [-0.25, -0.2) is 9.97 Å². The molecule has 17 heavy (non-hydrogen) atoms. The van der Waals surface area contributed by atoms with Crippen LogP contribution >= 0.6 is 0 Å². The van der Waals surface area contributed by atoms with E-state index >= 15 is 0 Å². The van der Waals surface area contributed by atoms with Crippen molar-refractivity contribution in [2.75, 3.05) is 0 Å². The van der Waals surface area contributed by atoms with Gasteiger partial charge >= 0.3 is 0 Å². The van der Waals surface area contributed by atoms with Crippen LogP contribution in [0.15, 0.2) is 12.1 Å². The zero-order valence-electron chi connectivity index (χ0n) is 10.2. The molecule has 0 amide bonds. The minimum absolute atomic E-state index is 0.635. The zero-order valence-corrected chi connectivity index (χ0v) is 10.2. The van der Waals surface area contributed by atoms with Gasteiger partial charge in [0.25, 0.3) is 0 Å². The van der Waals surface area contributed by atoms with Crippen molar-refractivity contribution in [3.8, 4) is 11.5 Å². The normalized spacial score (nSPS) is 15.9. The largest absolute Gasteiger partial charge is 0.282 e. The summed E-state index contributed by atoms with van der Waals surface area (Å²) in [6.45, 7) is 4.01. The Bertz CT molecular complexity index is 540. The number of rotatable bonds is 2. The number of aromatic amines is 1. The molecule has 0 saturated heterocycles. The van der Waals surface area contributed by atoms with Crippen molar-refractivity contribution in [2.24, 2.45) is 0 Å². The van der Waals surface area contributed by atoms with Gasteiger partial charge in [-0.2, -0.15) is 5.10 Å². The SMILES string of the molecule is Cc1cc(C2CCC2)nc(-c2cc(C)[nH]n2)n1. The third-order valence-corrected chi connectivity index (χ3v) is 3.33. The van der Waals surface area contributed by atoms with Crippen molar-refractivity contribution in [1.82, 2.24) is 20.2 Å². The second-order valence-electron chi connectivity index (χ2n) is 4.82. The average Bonchev–Trinajstić information content (AvgIpc) is 2.61. The summed E-state index contributed by atoms with van der Waals surface area (Å²) in [6, 6.07) is 4.09. The third kappa shape index (κ3) is 1.95. The standard InChI is InChI=1S/C13H16N4/c1-8-6-11(10-4-3-5-10)15-13(14-8)12-7-9(2)16-17-12/h6-7,10H,3-5H2,1-2H3,(H,16,17). The summed E-state index contributed by atoms with van der Waals surface area (Å²) >= 11 is 0. The molecule has 0 aliphatic heterocycles. The van der Waals surface area contributed by atoms with E-state index in [0.717, 1.165) is 22.9 Å². The van der Waals surface area contributed by atoms with Gasteiger partial charge in [0.15, 0.2) is 5.82 Å². The summed E-state index contributed by atoms with van der Waals surface area (Å²) in [6.07, 6.45) is 3.84. The Balaban J connectivity index is 2.01. The van der Waals surface area contributed by atoms with Gasteiger partial charge in [-0.05, 0) is 38.8 Å². The molecule has 1 saturated carbocycles. The predicted molar refractivity (Wildman–Crippen MR) is 65.7 cm³/mol. The highest BCUT2D eigenvalue weighted by Crippen LogP contribution is 2.35. The van der Waals surface area contributed by atoms with E-state index in [9.17, 15) is 0 Å². The Morgan fingerprint density at radius 2 is 2.00 bits per heavy atom. The summed E-state index contributed by atoms with van der Waals surface area (Å²) in [5.74, 6) is 1.38. The van der Waals surface area contributed by atoms with Gasteiger partial charge in [-0.15, -0.1) is 0 Å². The molecule has 2 aromatic heterocycles. The van der Waals surface area contributed by atoms with Gasteiger partial charge in [0.05, 0.1) is 0 Å². The monoisotopic (exact) mass is 228 g/mol. The number of aromatic nitrogens is 4. The number of H-pyrrole nitrogens is 1. The molecular formula is C13H16N4. The van der Waals surface area contributed by atoms with Gasteiger partial charge in [0.1, 0.15) is 5.69 Å². The molecule has 0 unspecified atom stereocenters. The van der Waals surface area contributed by atoms with E-state index in [1.165, 1.54) is 25.0 Å². The summed E-state index contributed by atoms with van der Waals surface area (Å²) in [7, 11) is 0. The van der Waals surface area contributed by atoms with Crippen LogP contribution in [0.5, 0.6) is 0 Å². The third-order valence-electron chi connectivity index (χ3n) is 3.33. The zero-order chi connectivity index (χ0) is 11.8. The number of hydrogen-bond donors (Lipinski definition) is 1. The smallest absolute Gasteiger partial charge is 0.180 e. The summed E-state index contributed by atoms with van der Waals surface area (Å²) < 4.78 is 0. The summed E-state index contributed by atoms with van der Waals surface area (Å²) in [5, 5.41) is 7.15. The highest BCUT2D eigenvalue weighted by atomic mass is 15.1. The fraction of sp³-hybridized carbons (Fsp3) is 0.462. The summed E-state index contributed by atoms with van der Waals surface area (Å²) in [4.78, 5) is 9.11. The Kier molecular flexibility index (Phi) is 2.42. The first kappa shape index (κ1) is 10.4. The maximum Gasteiger partial charge on any atom is 0.180 e. The van der Waals surface area contributed by atoms with Crippen molar-refractivity contribution in [2.45, 2.75) is 39.0 Å². The first-order valence-corrected chi connectivity index (χ1v) is 6.10. The number of nitrogens with one attached hydrogen (secondary N) is 1. The van der Waals surface area contributed by atoms with Crippen molar-refractivity contribution < 1.29 is 0 Å². The van der Waals surface area contributed by atoms with Crippen molar-refractivity contribution >= 4 is 0 Å². The second-order valence-corrected chi connectivity index (χ2v) is 4.82. The van der Waals surface area contributed by atoms with E-state index in [4.69, 9.17) is 0 Å². The molecule has 2 heterocycles. The molecule has 1 N–H and O–H groups in total. The number of aryl methyl sites for hydroxylation is 2. The molecule has 88 valence electrons. The molecule has 4 heteroatoms. The Morgan fingerprint density at radius 1 is 1.18 bits per heavy atom. The second kappa shape index (κ2) is 3.95. The molecule has 2 aromatic rings. The van der Waals surface area contributed by atoms with Gasteiger partial charge < -0.3 is 0 Å². The molecule has 1 fully saturated rings. The topological polar surface area (TPSA) is 54.5 Å². The van der Waals surface area contributed by atoms with Crippen LogP contribution in [0, 0.1) is 13.8 Å². The Hall–Kier alpha value is -1.71. The molecular weight excluding hydrogens is 212 g/mol. The van der Waals surface area contributed by atoms with Crippen LogP contribution in [-0.4, -0.2) is 20.2 Å². The first-order chi connectivity index (χ1) is 8.22. The molecule has 0 radical (unpaired) electrons. The van der Waals surface area contributed by atoms with Crippen LogP contribution in [0.25, 0.3) is 11.5 Å². The van der Waals surface area contributed by atoms with E-state index in [1.54, 1.807) is 0 Å². The molecule has 0 spiro atoms. The fourth-order valence-electron chi connectivity index (χ4n) is 2.15. The van der Waals surface area contributed by atoms with E-state index < -0.39 is 0 Å². The maximum absolute atomic E-state index is 4.65. The minimum atomic E-state index is 0.635. The van der Waals surface area contributed by atoms with Gasteiger partial charge in [0, 0.05) is 23.0 Å². The van der Waals surface area contributed by atoms with Crippen LogP contribution in [0.1, 0.15) is 42.3 Å². The average molecular weight is 228 g/mol. The maximum atomic E-state index is 4.65. The Labute approximate surface area is 101 Å². The molecule has 3 rings (SSSR count). The number of nitrogens with zero attached hydrogens (tertiary/aromatic N) is 3. The fourth-order valence-corrected chi connectivity index (χ4v) is 2.15. The molecule has 0 aromatic carbocycles. The number of hydrogen-bond acceptors (Lipinski definition) is 3. The lowest BCUT2D eigenvalue weighted by Crippen LogP contribution is -2.12. The van der Waals surface area contributed by atoms with Crippen molar-refractivity contribution in [3.63, 3.8) is 0 Å². The van der Waals surface area contributed by atoms with Crippen LogP contribution in [-0.2, 0) is 0 Å². The molecule has 1 aliphatic rings. The minimum Gasteiger partial charge on any atom is -0.282 e. The lowest BCUT2D eigenvalue weighted by molar-refractivity contribution is 0.410. The van der Waals surface area contributed by atoms with Crippen LogP contribution in [0.4, 0.5) is 0 Å². The predicted octanol–water partition coefficient (Wildman–Crippen LogP) is 2.75. The first-order valence-electron chi connectivity index (χ1n) is 6.10. The van der Waals surface area contributed by atoms with Crippen LogP contribution in [0.3, 0.4) is 0 Å². The Morgan fingerprint density at radius 3 is 2.59 bits per heavy atom. The van der Waals surface area contributed by atoms with E-state index in [-0.39, 0.29) is 0 Å². The lowest BCUT2D eigenvalue weighted by Gasteiger charge is -2.25. The highest BCUT2D eigenvalue weighted by molar-refractivity contribution is 5.49. The highest BCUT2D eigenvalue weighted by Gasteiger charge is 2.22.